The van der Waals surface area contributed by atoms with Crippen LogP contribution >= 0.6 is 0 Å². The lowest BCUT2D eigenvalue weighted by molar-refractivity contribution is 0.0516. The molecule has 1 aromatic carbocycles. The molecule has 0 aliphatic heterocycles. The fourth-order valence-electron chi connectivity index (χ4n) is 1.83. The standard InChI is InChI=1S/C14H13N3O3/c1-2-20-14(19)13-11(8-18)12(16-17-13)10-5-3-9(7-15)4-6-10/h3-6,18H,2,8H2,1H3,(H,16,17). The summed E-state index contributed by atoms with van der Waals surface area (Å²) in [6.07, 6.45) is 0. The summed E-state index contributed by atoms with van der Waals surface area (Å²) in [5.74, 6) is -0.552. The number of carbonyl (C=O) groups is 1. The fraction of sp³-hybridized carbons (Fsp3) is 0.214. The van der Waals surface area contributed by atoms with Crippen LogP contribution in [-0.4, -0.2) is 27.9 Å². The average molecular weight is 271 g/mol. The molecule has 1 heterocycles. The van der Waals surface area contributed by atoms with Crippen molar-refractivity contribution in [2.45, 2.75) is 13.5 Å². The van der Waals surface area contributed by atoms with Gasteiger partial charge in [-0.05, 0) is 19.1 Å². The number of esters is 1. The number of hydrogen-bond acceptors (Lipinski definition) is 5. The Morgan fingerprint density at radius 3 is 2.70 bits per heavy atom. The molecule has 6 nitrogen and oxygen atoms in total. The number of H-pyrrole nitrogens is 1. The summed E-state index contributed by atoms with van der Waals surface area (Å²) < 4.78 is 4.89. The summed E-state index contributed by atoms with van der Waals surface area (Å²) in [5.41, 5.74) is 2.24. The minimum absolute atomic E-state index is 0.147. The molecule has 0 amide bonds. The number of aliphatic hydroxyl groups is 1. The van der Waals surface area contributed by atoms with Gasteiger partial charge >= 0.3 is 5.97 Å². The van der Waals surface area contributed by atoms with Crippen molar-refractivity contribution in [3.8, 4) is 17.3 Å². The first kappa shape index (κ1) is 13.8. The zero-order valence-corrected chi connectivity index (χ0v) is 10.9. The Bertz CT molecular complexity index is 653. The fourth-order valence-corrected chi connectivity index (χ4v) is 1.83. The lowest BCUT2D eigenvalue weighted by Crippen LogP contribution is -2.08. The Labute approximate surface area is 115 Å². The quantitative estimate of drug-likeness (QED) is 0.823. The molecular weight excluding hydrogens is 258 g/mol. The van der Waals surface area contributed by atoms with Crippen LogP contribution < -0.4 is 0 Å². The second-order valence-corrected chi connectivity index (χ2v) is 3.99. The van der Waals surface area contributed by atoms with Gasteiger partial charge in [0.25, 0.3) is 0 Å². The van der Waals surface area contributed by atoms with Gasteiger partial charge in [0.05, 0.1) is 30.5 Å². The molecule has 102 valence electrons. The number of aliphatic hydroxyl groups excluding tert-OH is 1. The molecule has 2 N–H and O–H groups in total. The Hall–Kier alpha value is -2.65. The summed E-state index contributed by atoms with van der Waals surface area (Å²) in [6.45, 7) is 1.61. The minimum atomic E-state index is -0.552. The van der Waals surface area contributed by atoms with Crippen LogP contribution in [-0.2, 0) is 11.3 Å². The van der Waals surface area contributed by atoms with Crippen molar-refractivity contribution in [2.75, 3.05) is 6.61 Å². The zero-order chi connectivity index (χ0) is 14.5. The van der Waals surface area contributed by atoms with E-state index in [0.29, 0.717) is 22.4 Å². The van der Waals surface area contributed by atoms with Gasteiger partial charge in [0, 0.05) is 11.1 Å². The van der Waals surface area contributed by atoms with Gasteiger partial charge in [-0.1, -0.05) is 12.1 Å². The lowest BCUT2D eigenvalue weighted by atomic mass is 10.0. The van der Waals surface area contributed by atoms with Gasteiger partial charge in [0.1, 0.15) is 5.69 Å². The van der Waals surface area contributed by atoms with E-state index in [9.17, 15) is 9.90 Å². The smallest absolute Gasteiger partial charge is 0.356 e. The minimum Gasteiger partial charge on any atom is -0.461 e. The number of benzene rings is 1. The van der Waals surface area contributed by atoms with E-state index in [2.05, 4.69) is 10.2 Å². The molecule has 0 saturated carbocycles. The molecule has 0 spiro atoms. The number of carbonyl (C=O) groups excluding carboxylic acids is 1. The second-order valence-electron chi connectivity index (χ2n) is 3.99. The predicted octanol–water partition coefficient (Wildman–Crippen LogP) is 1.62. The molecule has 1 aromatic heterocycles. The molecule has 0 atom stereocenters. The molecule has 2 rings (SSSR count). The van der Waals surface area contributed by atoms with Crippen molar-refractivity contribution in [3.05, 3.63) is 41.1 Å². The summed E-state index contributed by atoms with van der Waals surface area (Å²) in [6, 6.07) is 8.74. The van der Waals surface area contributed by atoms with Crippen LogP contribution in [0.15, 0.2) is 24.3 Å². The number of rotatable bonds is 4. The van der Waals surface area contributed by atoms with E-state index in [1.54, 1.807) is 31.2 Å². The number of nitrogens with one attached hydrogen (secondary N) is 1. The van der Waals surface area contributed by atoms with E-state index in [4.69, 9.17) is 10.00 Å². The topological polar surface area (TPSA) is 99.0 Å². The molecule has 6 heteroatoms. The first-order chi connectivity index (χ1) is 9.71. The van der Waals surface area contributed by atoms with Crippen molar-refractivity contribution in [2.24, 2.45) is 0 Å². The SMILES string of the molecule is CCOC(=O)c1[nH]nc(-c2ccc(C#N)cc2)c1CO. The molecular formula is C14H13N3O3. The van der Waals surface area contributed by atoms with Crippen LogP contribution in [0.5, 0.6) is 0 Å². The van der Waals surface area contributed by atoms with Crippen molar-refractivity contribution in [1.29, 1.82) is 5.26 Å². The maximum Gasteiger partial charge on any atom is 0.356 e. The summed E-state index contributed by atoms with van der Waals surface area (Å²) in [5, 5.41) is 24.8. The molecule has 20 heavy (non-hydrogen) atoms. The van der Waals surface area contributed by atoms with E-state index in [1.807, 2.05) is 6.07 Å². The highest BCUT2D eigenvalue weighted by Gasteiger charge is 2.20. The Morgan fingerprint density at radius 2 is 2.15 bits per heavy atom. The van der Waals surface area contributed by atoms with Crippen molar-refractivity contribution in [3.63, 3.8) is 0 Å². The third-order valence-electron chi connectivity index (χ3n) is 2.79. The molecule has 0 unspecified atom stereocenters. The molecule has 0 bridgehead atoms. The predicted molar refractivity (Wildman–Crippen MR) is 70.6 cm³/mol. The highest BCUT2D eigenvalue weighted by atomic mass is 16.5. The molecule has 0 aliphatic carbocycles. The maximum atomic E-state index is 11.7. The second kappa shape index (κ2) is 5.99. The first-order valence-electron chi connectivity index (χ1n) is 6.07. The molecule has 0 saturated heterocycles. The van der Waals surface area contributed by atoms with Crippen LogP contribution in [0.2, 0.25) is 0 Å². The largest absolute Gasteiger partial charge is 0.461 e. The van der Waals surface area contributed by atoms with Gasteiger partial charge in [-0.25, -0.2) is 4.79 Å². The monoisotopic (exact) mass is 271 g/mol. The van der Waals surface area contributed by atoms with Crippen molar-refractivity contribution >= 4 is 5.97 Å². The first-order valence-corrected chi connectivity index (χ1v) is 6.07. The molecule has 0 radical (unpaired) electrons. The van der Waals surface area contributed by atoms with Crippen molar-refractivity contribution < 1.29 is 14.6 Å². The van der Waals surface area contributed by atoms with E-state index < -0.39 is 5.97 Å². The summed E-state index contributed by atoms with van der Waals surface area (Å²) in [7, 11) is 0. The van der Waals surface area contributed by atoms with Crippen LogP contribution in [0.4, 0.5) is 0 Å². The Morgan fingerprint density at radius 1 is 1.45 bits per heavy atom. The average Bonchev–Trinajstić information content (AvgIpc) is 2.91. The summed E-state index contributed by atoms with van der Waals surface area (Å²) >= 11 is 0. The Kier molecular flexibility index (Phi) is 4.13. The molecule has 0 fully saturated rings. The highest BCUT2D eigenvalue weighted by Crippen LogP contribution is 2.24. The molecule has 2 aromatic rings. The lowest BCUT2D eigenvalue weighted by Gasteiger charge is -2.03. The third-order valence-corrected chi connectivity index (χ3v) is 2.79. The highest BCUT2D eigenvalue weighted by molar-refractivity contribution is 5.91. The normalized spacial score (nSPS) is 10.1. The van der Waals surface area contributed by atoms with Crippen LogP contribution in [0.3, 0.4) is 0 Å². The number of aromatic amines is 1. The van der Waals surface area contributed by atoms with Crippen LogP contribution in [0.25, 0.3) is 11.3 Å². The van der Waals surface area contributed by atoms with Crippen molar-refractivity contribution in [1.82, 2.24) is 10.2 Å². The number of nitrogens with zero attached hydrogens (tertiary/aromatic N) is 2. The summed E-state index contributed by atoms with van der Waals surface area (Å²) in [4.78, 5) is 11.7. The van der Waals surface area contributed by atoms with Gasteiger partial charge in [-0.2, -0.15) is 10.4 Å². The van der Waals surface area contributed by atoms with E-state index in [0.717, 1.165) is 0 Å². The number of nitriles is 1. The van der Waals surface area contributed by atoms with Gasteiger partial charge < -0.3 is 9.84 Å². The Balaban J connectivity index is 2.42. The van der Waals surface area contributed by atoms with Gasteiger partial charge in [0.2, 0.25) is 0 Å². The van der Waals surface area contributed by atoms with E-state index >= 15 is 0 Å². The van der Waals surface area contributed by atoms with E-state index in [-0.39, 0.29) is 18.9 Å². The van der Waals surface area contributed by atoms with Gasteiger partial charge in [-0.15, -0.1) is 0 Å². The van der Waals surface area contributed by atoms with Gasteiger partial charge in [0.15, 0.2) is 0 Å². The van der Waals surface area contributed by atoms with Gasteiger partial charge in [-0.3, -0.25) is 5.10 Å². The maximum absolute atomic E-state index is 11.7. The molecule has 0 aliphatic rings. The number of ether oxygens (including phenoxy) is 1. The van der Waals surface area contributed by atoms with Crippen LogP contribution in [0, 0.1) is 11.3 Å². The van der Waals surface area contributed by atoms with Crippen LogP contribution in [0.1, 0.15) is 28.5 Å². The number of hydrogen-bond donors (Lipinski definition) is 2. The number of aromatic nitrogens is 2. The zero-order valence-electron chi connectivity index (χ0n) is 10.9. The third kappa shape index (κ3) is 2.53. The van der Waals surface area contributed by atoms with E-state index in [1.165, 1.54) is 0 Å².